The van der Waals surface area contributed by atoms with Gasteiger partial charge in [-0.1, -0.05) is 17.7 Å². The maximum atomic E-state index is 10.8. The SMILES string of the molecule is C#CCCCCNc1c(Cl)cccc1[N+](=O)[O-]. The van der Waals surface area contributed by atoms with Gasteiger partial charge in [-0.05, 0) is 18.9 Å². The van der Waals surface area contributed by atoms with Crippen molar-refractivity contribution in [3.63, 3.8) is 0 Å². The summed E-state index contributed by atoms with van der Waals surface area (Å²) in [5.41, 5.74) is 0.370. The van der Waals surface area contributed by atoms with Crippen molar-refractivity contribution >= 4 is 23.0 Å². The number of anilines is 1. The lowest BCUT2D eigenvalue weighted by Gasteiger charge is -2.08. The fourth-order valence-electron chi connectivity index (χ4n) is 1.41. The number of benzene rings is 1. The van der Waals surface area contributed by atoms with Crippen molar-refractivity contribution in [1.29, 1.82) is 0 Å². The molecular weight excluding hydrogens is 240 g/mol. The second kappa shape index (κ2) is 6.77. The molecule has 90 valence electrons. The first-order valence-corrected chi connectivity index (χ1v) is 5.65. The van der Waals surface area contributed by atoms with Crippen LogP contribution in [0, 0.1) is 22.5 Å². The van der Waals surface area contributed by atoms with Gasteiger partial charge in [-0.25, -0.2) is 0 Å². The normalized spacial score (nSPS) is 9.65. The first-order chi connectivity index (χ1) is 8.16. The van der Waals surface area contributed by atoms with Crippen LogP contribution in [0.5, 0.6) is 0 Å². The van der Waals surface area contributed by atoms with Gasteiger partial charge in [-0.15, -0.1) is 12.3 Å². The Morgan fingerprint density at radius 1 is 1.47 bits per heavy atom. The highest BCUT2D eigenvalue weighted by atomic mass is 35.5. The van der Waals surface area contributed by atoms with E-state index in [9.17, 15) is 10.1 Å². The molecule has 0 radical (unpaired) electrons. The van der Waals surface area contributed by atoms with Gasteiger partial charge in [-0.2, -0.15) is 0 Å². The highest BCUT2D eigenvalue weighted by Crippen LogP contribution is 2.31. The second-order valence-electron chi connectivity index (χ2n) is 3.48. The topological polar surface area (TPSA) is 55.2 Å². The molecule has 0 aliphatic heterocycles. The standard InChI is InChI=1S/C12H13ClN2O2/c1-2-3-4-5-9-14-12-10(13)7-6-8-11(12)15(16)17/h1,6-8,14H,3-5,9H2. The summed E-state index contributed by atoms with van der Waals surface area (Å²) in [7, 11) is 0. The summed E-state index contributed by atoms with van der Waals surface area (Å²) in [6, 6.07) is 4.61. The molecule has 1 rings (SSSR count). The maximum absolute atomic E-state index is 10.8. The van der Waals surface area contributed by atoms with Crippen LogP contribution < -0.4 is 5.32 Å². The van der Waals surface area contributed by atoms with Crippen LogP contribution in [0.2, 0.25) is 5.02 Å². The van der Waals surface area contributed by atoms with Crippen molar-refractivity contribution in [2.24, 2.45) is 0 Å². The second-order valence-corrected chi connectivity index (χ2v) is 3.89. The van der Waals surface area contributed by atoms with Crippen molar-refractivity contribution < 1.29 is 4.92 Å². The van der Waals surface area contributed by atoms with E-state index >= 15 is 0 Å². The Morgan fingerprint density at radius 3 is 2.88 bits per heavy atom. The van der Waals surface area contributed by atoms with E-state index in [0.717, 1.165) is 12.8 Å². The zero-order valence-electron chi connectivity index (χ0n) is 9.28. The number of terminal acetylenes is 1. The number of hydrogen-bond donors (Lipinski definition) is 1. The van der Waals surface area contributed by atoms with E-state index in [0.29, 0.717) is 23.7 Å². The smallest absolute Gasteiger partial charge is 0.293 e. The van der Waals surface area contributed by atoms with Gasteiger partial charge in [0.2, 0.25) is 0 Å². The number of nitro groups is 1. The molecule has 5 heteroatoms. The van der Waals surface area contributed by atoms with Crippen molar-refractivity contribution in [2.45, 2.75) is 19.3 Å². The van der Waals surface area contributed by atoms with Gasteiger partial charge in [0, 0.05) is 19.0 Å². The highest BCUT2D eigenvalue weighted by molar-refractivity contribution is 6.33. The van der Waals surface area contributed by atoms with Crippen molar-refractivity contribution in [3.8, 4) is 12.3 Å². The lowest BCUT2D eigenvalue weighted by atomic mass is 10.2. The summed E-state index contributed by atoms with van der Waals surface area (Å²) in [6.07, 6.45) is 7.59. The molecule has 0 amide bonds. The van der Waals surface area contributed by atoms with Crippen LogP contribution in [0.15, 0.2) is 18.2 Å². The number of nitrogens with one attached hydrogen (secondary N) is 1. The Balaban J connectivity index is 2.63. The highest BCUT2D eigenvalue weighted by Gasteiger charge is 2.15. The third kappa shape index (κ3) is 3.97. The first kappa shape index (κ1) is 13.3. The minimum absolute atomic E-state index is 0.00514. The van der Waals surface area contributed by atoms with Gasteiger partial charge < -0.3 is 5.32 Å². The average Bonchev–Trinajstić information content (AvgIpc) is 2.30. The molecule has 0 aromatic heterocycles. The fourth-order valence-corrected chi connectivity index (χ4v) is 1.64. The van der Waals surface area contributed by atoms with E-state index in [1.54, 1.807) is 12.1 Å². The van der Waals surface area contributed by atoms with Crippen LogP contribution >= 0.6 is 11.6 Å². The minimum atomic E-state index is -0.449. The number of nitro benzene ring substituents is 1. The van der Waals surface area contributed by atoms with E-state index < -0.39 is 4.92 Å². The molecule has 0 aliphatic rings. The summed E-state index contributed by atoms with van der Waals surface area (Å²) in [5, 5.41) is 14.1. The Morgan fingerprint density at radius 2 is 2.24 bits per heavy atom. The summed E-state index contributed by atoms with van der Waals surface area (Å²) >= 11 is 5.91. The molecule has 1 aromatic rings. The lowest BCUT2D eigenvalue weighted by Crippen LogP contribution is -2.04. The fraction of sp³-hybridized carbons (Fsp3) is 0.333. The molecule has 0 aliphatic carbocycles. The average molecular weight is 253 g/mol. The van der Waals surface area contributed by atoms with Crippen LogP contribution in [-0.2, 0) is 0 Å². The summed E-state index contributed by atoms with van der Waals surface area (Å²) in [6.45, 7) is 0.617. The third-order valence-electron chi connectivity index (χ3n) is 2.24. The van der Waals surface area contributed by atoms with E-state index in [1.807, 2.05) is 0 Å². The largest absolute Gasteiger partial charge is 0.378 e. The zero-order valence-corrected chi connectivity index (χ0v) is 10.0. The molecule has 0 heterocycles. The van der Waals surface area contributed by atoms with Gasteiger partial charge in [0.15, 0.2) is 0 Å². The molecule has 0 spiro atoms. The molecule has 1 N–H and O–H groups in total. The van der Waals surface area contributed by atoms with Gasteiger partial charge in [-0.3, -0.25) is 10.1 Å². The molecule has 0 bridgehead atoms. The van der Waals surface area contributed by atoms with E-state index in [2.05, 4.69) is 11.2 Å². The van der Waals surface area contributed by atoms with Crippen LogP contribution in [-0.4, -0.2) is 11.5 Å². The van der Waals surface area contributed by atoms with Crippen molar-refractivity contribution in [2.75, 3.05) is 11.9 Å². The minimum Gasteiger partial charge on any atom is -0.378 e. The Labute approximate surface area is 105 Å². The summed E-state index contributed by atoms with van der Waals surface area (Å²) < 4.78 is 0. The monoisotopic (exact) mass is 252 g/mol. The lowest BCUT2D eigenvalue weighted by molar-refractivity contribution is -0.383. The molecule has 0 saturated heterocycles. The molecule has 1 aromatic carbocycles. The molecule has 0 atom stereocenters. The molecule has 17 heavy (non-hydrogen) atoms. The number of rotatable bonds is 6. The summed E-state index contributed by atoms with van der Waals surface area (Å²) in [4.78, 5) is 10.3. The van der Waals surface area contributed by atoms with Crippen LogP contribution in [0.1, 0.15) is 19.3 Å². The molecular formula is C12H13ClN2O2. The predicted molar refractivity (Wildman–Crippen MR) is 69.3 cm³/mol. The number of nitrogens with zero attached hydrogens (tertiary/aromatic N) is 1. The van der Waals surface area contributed by atoms with Crippen LogP contribution in [0.3, 0.4) is 0 Å². The molecule has 4 nitrogen and oxygen atoms in total. The van der Waals surface area contributed by atoms with Crippen LogP contribution in [0.4, 0.5) is 11.4 Å². The predicted octanol–water partition coefficient (Wildman–Crippen LogP) is 3.46. The Hall–Kier alpha value is -1.73. The molecule has 0 fully saturated rings. The number of para-hydroxylation sites is 1. The third-order valence-corrected chi connectivity index (χ3v) is 2.55. The zero-order chi connectivity index (χ0) is 12.7. The number of unbranched alkanes of at least 4 members (excludes halogenated alkanes) is 2. The quantitative estimate of drug-likeness (QED) is 0.365. The van der Waals surface area contributed by atoms with E-state index in [4.69, 9.17) is 18.0 Å². The van der Waals surface area contributed by atoms with Gasteiger partial charge in [0.05, 0.1) is 9.95 Å². The van der Waals surface area contributed by atoms with Gasteiger partial charge in [0.25, 0.3) is 5.69 Å². The van der Waals surface area contributed by atoms with Crippen molar-refractivity contribution in [1.82, 2.24) is 0 Å². The van der Waals surface area contributed by atoms with Gasteiger partial charge in [0.1, 0.15) is 5.69 Å². The Bertz CT molecular complexity index is 441. The van der Waals surface area contributed by atoms with E-state index in [-0.39, 0.29) is 5.69 Å². The maximum Gasteiger partial charge on any atom is 0.293 e. The summed E-state index contributed by atoms with van der Waals surface area (Å²) in [5.74, 6) is 2.55. The van der Waals surface area contributed by atoms with Gasteiger partial charge >= 0.3 is 0 Å². The van der Waals surface area contributed by atoms with Crippen molar-refractivity contribution in [3.05, 3.63) is 33.3 Å². The molecule has 0 unspecified atom stereocenters. The molecule has 0 saturated carbocycles. The Kier molecular flexibility index (Phi) is 5.31. The number of hydrogen-bond acceptors (Lipinski definition) is 3. The van der Waals surface area contributed by atoms with Crippen LogP contribution in [0.25, 0.3) is 0 Å². The van der Waals surface area contributed by atoms with E-state index in [1.165, 1.54) is 6.07 Å². The first-order valence-electron chi connectivity index (χ1n) is 5.27. The number of halogens is 1.